The van der Waals surface area contributed by atoms with Gasteiger partial charge in [0.1, 0.15) is 12.4 Å². The number of hydrogen-bond donors (Lipinski definition) is 2. The first kappa shape index (κ1) is 23.4. The van der Waals surface area contributed by atoms with E-state index in [9.17, 15) is 0 Å². The van der Waals surface area contributed by atoms with Gasteiger partial charge in [-0.2, -0.15) is 0 Å². The maximum atomic E-state index is 4.74. The van der Waals surface area contributed by atoms with Gasteiger partial charge >= 0.3 is 0 Å². The van der Waals surface area contributed by atoms with Crippen LogP contribution in [0, 0.1) is 5.92 Å². The molecule has 1 atom stereocenters. The standard InChI is InChI=1S/C22H29N5S.HI/c1-3-23-22(25-15-18(2)14-20-10-7-13-28-20)26-16-21-24-11-12-27(21)17-19-8-5-4-6-9-19;/h4-13,18H,3,14-17H2,1-2H3,(H2,23,25,26);1H. The zero-order chi connectivity index (χ0) is 19.6. The fraction of sp³-hybridized carbons (Fsp3) is 0.364. The van der Waals surface area contributed by atoms with Crippen molar-refractivity contribution in [2.24, 2.45) is 10.9 Å². The van der Waals surface area contributed by atoms with Crippen LogP contribution in [0.4, 0.5) is 0 Å². The largest absolute Gasteiger partial charge is 0.357 e. The van der Waals surface area contributed by atoms with Crippen LogP contribution in [-0.2, 0) is 19.5 Å². The molecule has 29 heavy (non-hydrogen) atoms. The summed E-state index contributed by atoms with van der Waals surface area (Å²) >= 11 is 1.82. The average Bonchev–Trinajstić information content (AvgIpc) is 3.37. The molecular weight excluding hydrogens is 493 g/mol. The summed E-state index contributed by atoms with van der Waals surface area (Å²) in [5, 5.41) is 8.94. The van der Waals surface area contributed by atoms with Crippen molar-refractivity contribution in [3.63, 3.8) is 0 Å². The Kier molecular flexibility index (Phi) is 10.2. The van der Waals surface area contributed by atoms with Gasteiger partial charge in [-0.1, -0.05) is 43.3 Å². The van der Waals surface area contributed by atoms with E-state index in [1.165, 1.54) is 10.4 Å². The SMILES string of the molecule is CCNC(=NCc1nccn1Cc1ccccc1)NCC(C)Cc1cccs1.I. The average molecular weight is 523 g/mol. The molecule has 5 nitrogen and oxygen atoms in total. The molecule has 0 aliphatic carbocycles. The van der Waals surface area contributed by atoms with E-state index in [0.29, 0.717) is 12.5 Å². The molecule has 2 aromatic heterocycles. The molecule has 0 amide bonds. The van der Waals surface area contributed by atoms with Crippen molar-refractivity contribution in [3.05, 3.63) is 76.5 Å². The topological polar surface area (TPSA) is 54.2 Å². The van der Waals surface area contributed by atoms with E-state index in [1.54, 1.807) is 0 Å². The number of nitrogens with one attached hydrogen (secondary N) is 2. The number of nitrogens with zero attached hydrogens (tertiary/aromatic N) is 3. The van der Waals surface area contributed by atoms with Gasteiger partial charge in [0.05, 0.1) is 0 Å². The quantitative estimate of drug-likeness (QED) is 0.246. The Balaban J connectivity index is 0.00000300. The number of rotatable bonds is 9. The Morgan fingerprint density at radius 3 is 2.72 bits per heavy atom. The van der Waals surface area contributed by atoms with Crippen molar-refractivity contribution >= 4 is 41.3 Å². The van der Waals surface area contributed by atoms with E-state index in [-0.39, 0.29) is 24.0 Å². The first-order valence-corrected chi connectivity index (χ1v) is 10.7. The number of imidazole rings is 1. The molecule has 0 bridgehead atoms. The fourth-order valence-corrected chi connectivity index (χ4v) is 3.89. The van der Waals surface area contributed by atoms with E-state index in [2.05, 4.69) is 75.8 Å². The lowest BCUT2D eigenvalue weighted by atomic mass is 10.1. The van der Waals surface area contributed by atoms with E-state index in [0.717, 1.165) is 37.8 Å². The first-order valence-electron chi connectivity index (χ1n) is 9.83. The van der Waals surface area contributed by atoms with Crippen LogP contribution in [0.1, 0.15) is 30.1 Å². The Morgan fingerprint density at radius 2 is 2.00 bits per heavy atom. The monoisotopic (exact) mass is 523 g/mol. The molecule has 7 heteroatoms. The van der Waals surface area contributed by atoms with Crippen LogP contribution in [0.15, 0.2) is 65.2 Å². The lowest BCUT2D eigenvalue weighted by Crippen LogP contribution is -2.39. The summed E-state index contributed by atoms with van der Waals surface area (Å²) in [4.78, 5) is 10.7. The minimum absolute atomic E-state index is 0. The van der Waals surface area contributed by atoms with Gasteiger partial charge in [0.2, 0.25) is 0 Å². The molecule has 3 aromatic rings. The highest BCUT2D eigenvalue weighted by atomic mass is 127. The summed E-state index contributed by atoms with van der Waals surface area (Å²) in [6.45, 7) is 7.44. The van der Waals surface area contributed by atoms with Crippen LogP contribution in [0.5, 0.6) is 0 Å². The molecule has 0 spiro atoms. The van der Waals surface area contributed by atoms with Crippen molar-refractivity contribution in [1.82, 2.24) is 20.2 Å². The van der Waals surface area contributed by atoms with E-state index in [4.69, 9.17) is 4.99 Å². The number of benzene rings is 1. The highest BCUT2D eigenvalue weighted by Gasteiger charge is 2.07. The third kappa shape index (κ3) is 7.81. The first-order chi connectivity index (χ1) is 13.7. The Bertz CT molecular complexity index is 845. The second-order valence-corrected chi connectivity index (χ2v) is 7.95. The molecule has 0 aliphatic rings. The van der Waals surface area contributed by atoms with Crippen LogP contribution in [0.3, 0.4) is 0 Å². The Hall–Kier alpha value is -1.87. The van der Waals surface area contributed by atoms with Crippen molar-refractivity contribution in [2.45, 2.75) is 33.4 Å². The van der Waals surface area contributed by atoms with Gasteiger partial charge in [-0.05, 0) is 36.3 Å². The number of halogens is 1. The molecule has 3 rings (SSSR count). The van der Waals surface area contributed by atoms with Crippen molar-refractivity contribution in [1.29, 1.82) is 0 Å². The molecular formula is C22H30IN5S. The summed E-state index contributed by atoms with van der Waals surface area (Å²) in [6, 6.07) is 14.7. The molecule has 0 saturated heterocycles. The Labute approximate surface area is 194 Å². The van der Waals surface area contributed by atoms with Crippen LogP contribution >= 0.6 is 35.3 Å². The minimum atomic E-state index is 0. The van der Waals surface area contributed by atoms with Crippen LogP contribution in [0.2, 0.25) is 0 Å². The van der Waals surface area contributed by atoms with Gasteiger partial charge in [0.25, 0.3) is 0 Å². The second-order valence-electron chi connectivity index (χ2n) is 6.92. The number of aromatic nitrogens is 2. The molecule has 0 aliphatic heterocycles. The van der Waals surface area contributed by atoms with Gasteiger partial charge in [-0.3, -0.25) is 0 Å². The number of aliphatic imine (C=N–C) groups is 1. The van der Waals surface area contributed by atoms with E-state index < -0.39 is 0 Å². The van der Waals surface area contributed by atoms with E-state index in [1.807, 2.05) is 29.8 Å². The smallest absolute Gasteiger partial charge is 0.191 e. The lowest BCUT2D eigenvalue weighted by molar-refractivity contribution is 0.561. The predicted molar refractivity (Wildman–Crippen MR) is 133 cm³/mol. The summed E-state index contributed by atoms with van der Waals surface area (Å²) in [5.74, 6) is 2.35. The number of thiophene rings is 1. The third-order valence-electron chi connectivity index (χ3n) is 4.47. The number of guanidine groups is 1. The van der Waals surface area contributed by atoms with Crippen LogP contribution in [0.25, 0.3) is 0 Å². The second kappa shape index (κ2) is 12.6. The summed E-state index contributed by atoms with van der Waals surface area (Å²) < 4.78 is 2.15. The third-order valence-corrected chi connectivity index (χ3v) is 5.37. The lowest BCUT2D eigenvalue weighted by Gasteiger charge is -2.15. The van der Waals surface area contributed by atoms with Crippen molar-refractivity contribution < 1.29 is 0 Å². The molecule has 1 unspecified atom stereocenters. The van der Waals surface area contributed by atoms with Gasteiger partial charge in [-0.25, -0.2) is 9.98 Å². The molecule has 2 N–H and O–H groups in total. The van der Waals surface area contributed by atoms with Crippen LogP contribution < -0.4 is 10.6 Å². The summed E-state index contributed by atoms with van der Waals surface area (Å²) in [6.07, 6.45) is 4.95. The predicted octanol–water partition coefficient (Wildman–Crippen LogP) is 4.54. The molecule has 0 saturated carbocycles. The zero-order valence-electron chi connectivity index (χ0n) is 17.0. The van der Waals surface area contributed by atoms with E-state index >= 15 is 0 Å². The molecule has 0 fully saturated rings. The highest BCUT2D eigenvalue weighted by molar-refractivity contribution is 14.0. The van der Waals surface area contributed by atoms with Gasteiger partial charge in [0.15, 0.2) is 5.96 Å². The zero-order valence-corrected chi connectivity index (χ0v) is 20.2. The normalized spacial score (nSPS) is 12.3. The van der Waals surface area contributed by atoms with Gasteiger partial charge in [-0.15, -0.1) is 35.3 Å². The van der Waals surface area contributed by atoms with Gasteiger partial charge < -0.3 is 15.2 Å². The Morgan fingerprint density at radius 1 is 1.17 bits per heavy atom. The maximum Gasteiger partial charge on any atom is 0.191 e. The summed E-state index contributed by atoms with van der Waals surface area (Å²) in [5.41, 5.74) is 1.26. The highest BCUT2D eigenvalue weighted by Crippen LogP contribution is 2.13. The van der Waals surface area contributed by atoms with Crippen molar-refractivity contribution in [2.75, 3.05) is 13.1 Å². The minimum Gasteiger partial charge on any atom is -0.357 e. The maximum absolute atomic E-state index is 4.74. The molecule has 1 aromatic carbocycles. The summed E-state index contributed by atoms with van der Waals surface area (Å²) in [7, 11) is 0. The molecule has 0 radical (unpaired) electrons. The fourth-order valence-electron chi connectivity index (χ4n) is 3.02. The molecule has 156 valence electrons. The number of hydrogen-bond acceptors (Lipinski definition) is 3. The van der Waals surface area contributed by atoms with Crippen LogP contribution in [-0.4, -0.2) is 28.6 Å². The molecule has 2 heterocycles. The van der Waals surface area contributed by atoms with Crippen molar-refractivity contribution in [3.8, 4) is 0 Å². The van der Waals surface area contributed by atoms with Gasteiger partial charge in [0, 0.05) is 36.9 Å².